The Labute approximate surface area is 248 Å². The van der Waals surface area contributed by atoms with E-state index in [9.17, 15) is 4.79 Å². The predicted molar refractivity (Wildman–Crippen MR) is 175 cm³/mol. The molecule has 0 aliphatic heterocycles. The number of para-hydroxylation sites is 3. The van der Waals surface area contributed by atoms with Crippen LogP contribution in [-0.2, 0) is 11.3 Å². The van der Waals surface area contributed by atoms with Crippen LogP contribution < -0.4 is 20.5 Å². The molecule has 5 rings (SSSR count). The lowest BCUT2D eigenvalue weighted by molar-refractivity contribution is -0.673. The summed E-state index contributed by atoms with van der Waals surface area (Å²) in [7, 11) is 0. The number of fused-ring (bicyclic) bond motifs is 1. The van der Waals surface area contributed by atoms with Crippen molar-refractivity contribution >= 4 is 46.0 Å². The van der Waals surface area contributed by atoms with Gasteiger partial charge in [-0.15, -0.1) is 0 Å². The molecule has 0 bridgehead atoms. The first-order valence-corrected chi connectivity index (χ1v) is 14.8. The molecule has 0 unspecified atom stereocenters. The van der Waals surface area contributed by atoms with E-state index in [0.717, 1.165) is 54.1 Å². The topological polar surface area (TPSA) is 62.2 Å². The summed E-state index contributed by atoms with van der Waals surface area (Å²) in [6.45, 7) is 1.92. The highest BCUT2D eigenvalue weighted by atomic mass is 16.1. The van der Waals surface area contributed by atoms with Crippen LogP contribution in [0.5, 0.6) is 0 Å². The number of rotatable bonds is 13. The van der Waals surface area contributed by atoms with Crippen LogP contribution in [0.1, 0.15) is 36.9 Å². The second kappa shape index (κ2) is 14.8. The number of nitrogens with one attached hydrogen (secondary N) is 1. The SMILES string of the molecule is NCCNC(=O)CCCCC[n+]1c(/C=C/c2ccc(N(c3ccccc3)c3ccccc3)cc2)ccc2ccccc21. The Morgan fingerprint density at radius 1 is 0.690 bits per heavy atom. The molecule has 1 aromatic heterocycles. The number of unbranched alkanes of at least 4 members (excludes halogenated alkanes) is 2. The third-order valence-corrected chi connectivity index (χ3v) is 7.35. The van der Waals surface area contributed by atoms with E-state index < -0.39 is 0 Å². The van der Waals surface area contributed by atoms with Crippen molar-refractivity contribution in [2.45, 2.75) is 32.2 Å². The molecule has 0 aliphatic rings. The normalized spacial score (nSPS) is 11.2. The average molecular weight is 556 g/mol. The smallest absolute Gasteiger partial charge is 0.220 e. The molecule has 1 amide bonds. The maximum absolute atomic E-state index is 11.9. The van der Waals surface area contributed by atoms with Crippen LogP contribution in [0, 0.1) is 0 Å². The highest BCUT2D eigenvalue weighted by Crippen LogP contribution is 2.34. The molecule has 0 radical (unpaired) electrons. The van der Waals surface area contributed by atoms with Crippen LogP contribution >= 0.6 is 0 Å². The number of carbonyl (C=O) groups is 1. The number of nitrogens with two attached hydrogens (primary N) is 1. The van der Waals surface area contributed by atoms with E-state index in [1.165, 1.54) is 10.9 Å². The van der Waals surface area contributed by atoms with Crippen molar-refractivity contribution in [2.24, 2.45) is 5.73 Å². The maximum Gasteiger partial charge on any atom is 0.220 e. The van der Waals surface area contributed by atoms with Gasteiger partial charge in [-0.1, -0.05) is 60.7 Å². The highest BCUT2D eigenvalue weighted by Gasteiger charge is 2.14. The molecule has 0 aliphatic carbocycles. The van der Waals surface area contributed by atoms with Gasteiger partial charge in [0, 0.05) is 66.6 Å². The van der Waals surface area contributed by atoms with Crippen LogP contribution in [0.4, 0.5) is 17.1 Å². The summed E-state index contributed by atoms with van der Waals surface area (Å²) in [6, 6.07) is 42.5. The van der Waals surface area contributed by atoms with Gasteiger partial charge in [-0.2, -0.15) is 4.57 Å². The molecule has 0 saturated heterocycles. The Morgan fingerprint density at radius 3 is 2.02 bits per heavy atom. The minimum absolute atomic E-state index is 0.0866. The van der Waals surface area contributed by atoms with Crippen molar-refractivity contribution in [2.75, 3.05) is 18.0 Å². The number of hydrogen-bond acceptors (Lipinski definition) is 3. The molecule has 0 atom stereocenters. The van der Waals surface area contributed by atoms with Crippen LogP contribution in [0.2, 0.25) is 0 Å². The van der Waals surface area contributed by atoms with E-state index in [1.54, 1.807) is 0 Å². The van der Waals surface area contributed by atoms with Crippen LogP contribution in [0.3, 0.4) is 0 Å². The van der Waals surface area contributed by atoms with Crippen LogP contribution in [0.15, 0.2) is 121 Å². The molecule has 0 saturated carbocycles. The van der Waals surface area contributed by atoms with E-state index in [1.807, 2.05) is 12.1 Å². The predicted octanol–water partition coefficient (Wildman–Crippen LogP) is 7.40. The molecule has 0 fully saturated rings. The first kappa shape index (κ1) is 28.8. The lowest BCUT2D eigenvalue weighted by Crippen LogP contribution is -2.38. The molecule has 212 valence electrons. The van der Waals surface area contributed by atoms with E-state index >= 15 is 0 Å². The first-order valence-electron chi connectivity index (χ1n) is 14.8. The molecular weight excluding hydrogens is 516 g/mol. The minimum atomic E-state index is 0.0866. The van der Waals surface area contributed by atoms with Crippen LogP contribution in [-0.4, -0.2) is 19.0 Å². The molecule has 0 spiro atoms. The zero-order valence-electron chi connectivity index (χ0n) is 24.0. The molecule has 42 heavy (non-hydrogen) atoms. The summed E-state index contributed by atoms with van der Waals surface area (Å²) in [6.07, 6.45) is 7.82. The minimum Gasteiger partial charge on any atom is -0.355 e. The number of hydrogen-bond donors (Lipinski definition) is 2. The number of amides is 1. The molecular formula is C37H39N4O+. The van der Waals surface area contributed by atoms with Crippen molar-refractivity contribution in [3.63, 3.8) is 0 Å². The van der Waals surface area contributed by atoms with Crippen molar-refractivity contribution in [1.29, 1.82) is 0 Å². The Morgan fingerprint density at radius 2 is 1.33 bits per heavy atom. The Bertz CT molecular complexity index is 1560. The van der Waals surface area contributed by atoms with Crippen molar-refractivity contribution in [3.05, 3.63) is 133 Å². The van der Waals surface area contributed by atoms with E-state index in [-0.39, 0.29) is 5.91 Å². The van der Waals surface area contributed by atoms with E-state index in [4.69, 9.17) is 5.73 Å². The number of anilines is 3. The van der Waals surface area contributed by atoms with Gasteiger partial charge in [0.25, 0.3) is 0 Å². The van der Waals surface area contributed by atoms with Gasteiger partial charge in [0.15, 0.2) is 0 Å². The van der Waals surface area contributed by atoms with Gasteiger partial charge >= 0.3 is 0 Å². The summed E-state index contributed by atoms with van der Waals surface area (Å²) >= 11 is 0. The fourth-order valence-corrected chi connectivity index (χ4v) is 5.22. The summed E-state index contributed by atoms with van der Waals surface area (Å²) < 4.78 is 2.39. The zero-order valence-corrected chi connectivity index (χ0v) is 24.0. The van der Waals surface area contributed by atoms with Crippen molar-refractivity contribution in [1.82, 2.24) is 5.32 Å². The van der Waals surface area contributed by atoms with Gasteiger partial charge in [-0.05, 0) is 73.0 Å². The fourth-order valence-electron chi connectivity index (χ4n) is 5.22. The van der Waals surface area contributed by atoms with Crippen LogP contribution in [0.25, 0.3) is 23.1 Å². The number of carbonyl (C=O) groups excluding carboxylic acids is 1. The largest absolute Gasteiger partial charge is 0.355 e. The third kappa shape index (κ3) is 7.50. The monoisotopic (exact) mass is 555 g/mol. The van der Waals surface area contributed by atoms with Crippen molar-refractivity contribution < 1.29 is 9.36 Å². The third-order valence-electron chi connectivity index (χ3n) is 7.35. The molecule has 3 N–H and O–H groups in total. The molecule has 5 nitrogen and oxygen atoms in total. The highest BCUT2D eigenvalue weighted by molar-refractivity contribution is 5.79. The second-order valence-electron chi connectivity index (χ2n) is 10.3. The van der Waals surface area contributed by atoms with Gasteiger partial charge in [0.2, 0.25) is 17.1 Å². The summed E-state index contributed by atoms with van der Waals surface area (Å²) in [5.74, 6) is 0.0866. The summed E-state index contributed by atoms with van der Waals surface area (Å²) in [5, 5.41) is 4.08. The molecule has 5 heteroatoms. The molecule has 4 aromatic carbocycles. The van der Waals surface area contributed by atoms with Gasteiger partial charge in [0.1, 0.15) is 6.54 Å². The van der Waals surface area contributed by atoms with E-state index in [0.29, 0.717) is 19.5 Å². The summed E-state index contributed by atoms with van der Waals surface area (Å²) in [4.78, 5) is 14.2. The quantitative estimate of drug-likeness (QED) is 0.118. The molecule has 5 aromatic rings. The number of aromatic nitrogens is 1. The number of aryl methyl sites for hydroxylation is 1. The maximum atomic E-state index is 11.9. The van der Waals surface area contributed by atoms with Gasteiger partial charge in [0.05, 0.1) is 0 Å². The van der Waals surface area contributed by atoms with Gasteiger partial charge in [-0.3, -0.25) is 4.79 Å². The Hall–Kier alpha value is -4.74. The second-order valence-corrected chi connectivity index (χ2v) is 10.3. The fraction of sp³-hybridized carbons (Fsp3) is 0.189. The molecule has 1 heterocycles. The van der Waals surface area contributed by atoms with Gasteiger partial charge in [-0.25, -0.2) is 0 Å². The lowest BCUT2D eigenvalue weighted by atomic mass is 10.1. The van der Waals surface area contributed by atoms with E-state index in [2.05, 4.69) is 136 Å². The standard InChI is InChI=1S/C37H38N4O/c38-27-28-39-37(42)18-8-3-11-29-40-32(26-22-31-12-9-10-17-36(31)40)23-19-30-20-24-35(25-21-30)41(33-13-4-1-5-14-33)34-15-6-2-7-16-34/h1-2,4-7,9-10,12-17,19-26H,3,8,11,18,27-29,38H2/p+1. The summed E-state index contributed by atoms with van der Waals surface area (Å²) in [5.41, 5.74) is 12.4. The number of pyridine rings is 1. The average Bonchev–Trinajstić information content (AvgIpc) is 3.04. The Balaban J connectivity index is 1.32. The first-order chi connectivity index (χ1) is 20.7. The van der Waals surface area contributed by atoms with Crippen molar-refractivity contribution in [3.8, 4) is 0 Å². The van der Waals surface area contributed by atoms with Gasteiger partial charge < -0.3 is 16.0 Å². The lowest BCUT2D eigenvalue weighted by Gasteiger charge is -2.25. The Kier molecular flexibility index (Phi) is 10.1. The number of benzene rings is 4. The number of nitrogens with zero attached hydrogens (tertiary/aromatic N) is 2. The zero-order chi connectivity index (χ0) is 29.0.